The van der Waals surface area contributed by atoms with Crippen LogP contribution in [0, 0.1) is 0 Å². The fourth-order valence-electron chi connectivity index (χ4n) is 0.513. The molecule has 0 saturated heterocycles. The van der Waals surface area contributed by atoms with Gasteiger partial charge in [0.2, 0.25) is 0 Å². The molecular formula is C4H11NaO4Si. The van der Waals surface area contributed by atoms with Gasteiger partial charge in [0.1, 0.15) is 0 Å². The molecule has 10 heavy (non-hydrogen) atoms. The maximum absolute atomic E-state index is 10.1. The minimum absolute atomic E-state index is 0. The number of aliphatic carboxylic acids is 1. The van der Waals surface area contributed by atoms with Crippen molar-refractivity contribution in [3.05, 3.63) is 0 Å². The minimum atomic E-state index is -2.94. The Labute approximate surface area is 83.0 Å². The molecule has 0 bridgehead atoms. The molecule has 0 radical (unpaired) electrons. The molecule has 0 saturated carbocycles. The van der Waals surface area contributed by atoms with Crippen molar-refractivity contribution in [2.24, 2.45) is 0 Å². The molecule has 3 N–H and O–H groups in total. The van der Waals surface area contributed by atoms with Crippen molar-refractivity contribution in [1.29, 1.82) is 0 Å². The Morgan fingerprint density at radius 2 is 2.00 bits per heavy atom. The van der Waals surface area contributed by atoms with E-state index in [0.29, 0.717) is 6.42 Å². The number of rotatable bonds is 3. The fourth-order valence-corrected chi connectivity index (χ4v) is 1.19. The first-order chi connectivity index (χ1) is 4.09. The van der Waals surface area contributed by atoms with E-state index in [1.165, 1.54) is 0 Å². The second-order valence-electron chi connectivity index (χ2n) is 1.77. The molecule has 6 heteroatoms. The second-order valence-corrected chi connectivity index (χ2v) is 3.40. The van der Waals surface area contributed by atoms with Gasteiger partial charge in [0.05, 0.1) is 5.54 Å². The van der Waals surface area contributed by atoms with Crippen LogP contribution in [0.15, 0.2) is 0 Å². The van der Waals surface area contributed by atoms with Gasteiger partial charge in [-0.05, 0) is 6.42 Å². The number of carbonyl (C=O) groups is 1. The third-order valence-electron chi connectivity index (χ3n) is 1.12. The molecule has 0 rings (SSSR count). The van der Waals surface area contributed by atoms with Gasteiger partial charge in [-0.15, -0.1) is 0 Å². The average molecular weight is 174 g/mol. The van der Waals surface area contributed by atoms with E-state index in [-0.39, 0.29) is 29.6 Å². The molecule has 0 aromatic heterocycles. The van der Waals surface area contributed by atoms with Gasteiger partial charge in [-0.3, -0.25) is 4.79 Å². The summed E-state index contributed by atoms with van der Waals surface area (Å²) in [4.78, 5) is 27.1. The van der Waals surface area contributed by atoms with E-state index < -0.39 is 20.8 Å². The van der Waals surface area contributed by atoms with Crippen LogP contribution in [0.4, 0.5) is 0 Å². The summed E-state index contributed by atoms with van der Waals surface area (Å²) < 4.78 is 0. The van der Waals surface area contributed by atoms with Gasteiger partial charge < -0.3 is 14.7 Å². The Morgan fingerprint density at radius 1 is 1.60 bits per heavy atom. The van der Waals surface area contributed by atoms with Gasteiger partial charge in [0, 0.05) is 0 Å². The van der Waals surface area contributed by atoms with Crippen molar-refractivity contribution in [2.75, 3.05) is 0 Å². The van der Waals surface area contributed by atoms with Gasteiger partial charge in [0.15, 0.2) is 0 Å². The van der Waals surface area contributed by atoms with Crippen LogP contribution < -0.4 is 0 Å². The molecule has 4 nitrogen and oxygen atoms in total. The number of carboxylic acids is 1. The topological polar surface area (TPSA) is 77.8 Å². The summed E-state index contributed by atoms with van der Waals surface area (Å²) in [5.74, 6) is -1.11. The molecular weight excluding hydrogens is 163 g/mol. The van der Waals surface area contributed by atoms with E-state index in [9.17, 15) is 4.79 Å². The average Bonchev–Trinajstić information content (AvgIpc) is 1.64. The van der Waals surface area contributed by atoms with E-state index in [2.05, 4.69) is 0 Å². The Bertz CT molecular complexity index is 107. The Balaban J connectivity index is 0. The van der Waals surface area contributed by atoms with Crippen LogP contribution in [0.5, 0.6) is 0 Å². The van der Waals surface area contributed by atoms with Crippen molar-refractivity contribution >= 4 is 44.8 Å². The quantitative estimate of drug-likeness (QED) is 0.451. The van der Waals surface area contributed by atoms with Crippen LogP contribution in [0.25, 0.3) is 0 Å². The summed E-state index contributed by atoms with van der Waals surface area (Å²) in [6.07, 6.45) is 0.291. The van der Waals surface area contributed by atoms with Crippen LogP contribution >= 0.6 is 0 Å². The SMILES string of the molecule is CCC(C(=O)O)[SiH](O)O.[NaH]. The first-order valence-corrected chi connectivity index (χ1v) is 4.38. The molecule has 0 aliphatic carbocycles. The zero-order valence-electron chi connectivity index (χ0n) is 5.11. The van der Waals surface area contributed by atoms with Crippen molar-refractivity contribution in [1.82, 2.24) is 0 Å². The van der Waals surface area contributed by atoms with E-state index in [1.54, 1.807) is 6.92 Å². The van der Waals surface area contributed by atoms with Crippen LogP contribution in [-0.2, 0) is 4.79 Å². The molecule has 0 amide bonds. The van der Waals surface area contributed by atoms with Gasteiger partial charge in [0.25, 0.3) is 0 Å². The van der Waals surface area contributed by atoms with E-state index >= 15 is 0 Å². The summed E-state index contributed by atoms with van der Waals surface area (Å²) in [7, 11) is -2.94. The van der Waals surface area contributed by atoms with E-state index in [1.807, 2.05) is 0 Å². The predicted octanol–water partition coefficient (Wildman–Crippen LogP) is -1.59. The van der Waals surface area contributed by atoms with Crippen molar-refractivity contribution in [3.63, 3.8) is 0 Å². The Hall–Kier alpha value is 0.607. The first-order valence-electron chi connectivity index (χ1n) is 2.68. The summed E-state index contributed by atoms with van der Waals surface area (Å²) >= 11 is 0. The number of hydrogen-bond acceptors (Lipinski definition) is 3. The number of hydrogen-bond donors (Lipinski definition) is 3. The molecule has 0 fully saturated rings. The molecule has 56 valence electrons. The standard InChI is InChI=1S/C4H10O4Si.Na.H/c1-2-3(4(5)6)9(7)8;;/h3,7-9H,2H2,1H3,(H,5,6);;. The molecule has 0 aliphatic heterocycles. The molecule has 0 aliphatic rings. The third kappa shape index (κ3) is 4.43. The molecule has 0 aromatic carbocycles. The summed E-state index contributed by atoms with van der Waals surface area (Å²) in [6.45, 7) is 1.62. The summed E-state index contributed by atoms with van der Waals surface area (Å²) in [5, 5.41) is 8.26. The molecule has 0 aromatic rings. The Kier molecular flexibility index (Phi) is 8.36. The van der Waals surface area contributed by atoms with Crippen molar-refractivity contribution < 1.29 is 19.5 Å². The maximum atomic E-state index is 10.1. The monoisotopic (exact) mass is 174 g/mol. The van der Waals surface area contributed by atoms with Crippen LogP contribution in [-0.4, -0.2) is 59.5 Å². The third-order valence-corrected chi connectivity index (χ3v) is 2.59. The second kappa shape index (κ2) is 6.33. The molecule has 0 heterocycles. The normalized spacial score (nSPS) is 12.4. The van der Waals surface area contributed by atoms with E-state index in [0.717, 1.165) is 0 Å². The fraction of sp³-hybridized carbons (Fsp3) is 0.750. The molecule has 1 atom stereocenters. The molecule has 0 spiro atoms. The van der Waals surface area contributed by atoms with Crippen LogP contribution in [0.1, 0.15) is 13.3 Å². The summed E-state index contributed by atoms with van der Waals surface area (Å²) in [5.41, 5.74) is -0.912. The molecule has 1 unspecified atom stereocenters. The zero-order valence-corrected chi connectivity index (χ0v) is 6.27. The number of carboxylic acid groups (broad SMARTS) is 1. The Morgan fingerprint density at radius 3 is 2.00 bits per heavy atom. The summed E-state index contributed by atoms with van der Waals surface area (Å²) in [6, 6.07) is 0. The van der Waals surface area contributed by atoms with Crippen LogP contribution in [0.2, 0.25) is 5.54 Å². The first kappa shape index (κ1) is 13.2. The van der Waals surface area contributed by atoms with Gasteiger partial charge in [-0.25, -0.2) is 0 Å². The van der Waals surface area contributed by atoms with Gasteiger partial charge >= 0.3 is 44.8 Å². The zero-order chi connectivity index (χ0) is 7.44. The predicted molar refractivity (Wildman–Crippen MR) is 40.4 cm³/mol. The van der Waals surface area contributed by atoms with Crippen molar-refractivity contribution in [3.8, 4) is 0 Å². The van der Waals surface area contributed by atoms with Crippen LogP contribution in [0.3, 0.4) is 0 Å². The van der Waals surface area contributed by atoms with Crippen molar-refractivity contribution in [2.45, 2.75) is 18.9 Å². The van der Waals surface area contributed by atoms with Gasteiger partial charge in [-0.2, -0.15) is 0 Å². The van der Waals surface area contributed by atoms with Gasteiger partial charge in [-0.1, -0.05) is 6.92 Å². The van der Waals surface area contributed by atoms with E-state index in [4.69, 9.17) is 14.7 Å².